The van der Waals surface area contributed by atoms with E-state index >= 15 is 0 Å². The van der Waals surface area contributed by atoms with Crippen molar-refractivity contribution < 1.29 is 18.0 Å². The normalized spacial score (nSPS) is 15.6. The van der Waals surface area contributed by atoms with Gasteiger partial charge in [0.25, 0.3) is 5.78 Å². The van der Waals surface area contributed by atoms with E-state index in [0.29, 0.717) is 54.7 Å². The molecule has 1 saturated heterocycles. The van der Waals surface area contributed by atoms with Crippen molar-refractivity contribution in [2.45, 2.75) is 20.0 Å². The number of anilines is 1. The predicted molar refractivity (Wildman–Crippen MR) is 109 cm³/mol. The van der Waals surface area contributed by atoms with Crippen molar-refractivity contribution in [3.05, 3.63) is 53.7 Å². The van der Waals surface area contributed by atoms with Crippen molar-refractivity contribution in [1.29, 1.82) is 0 Å². The molecule has 3 aromatic rings. The van der Waals surface area contributed by atoms with Crippen molar-refractivity contribution in [2.24, 2.45) is 0 Å². The highest BCUT2D eigenvalue weighted by Gasteiger charge is 2.31. The zero-order valence-electron chi connectivity index (χ0n) is 17.1. The van der Waals surface area contributed by atoms with Gasteiger partial charge in [0, 0.05) is 43.5 Å². The second-order valence-electron chi connectivity index (χ2n) is 7.28. The zero-order valence-corrected chi connectivity index (χ0v) is 17.1. The minimum Gasteiger partial charge on any atom is -0.336 e. The third kappa shape index (κ3) is 4.10. The summed E-state index contributed by atoms with van der Waals surface area (Å²) < 4.78 is 40.8. The van der Waals surface area contributed by atoms with Crippen LogP contribution in [0.4, 0.5) is 19.1 Å². The van der Waals surface area contributed by atoms with E-state index in [1.54, 1.807) is 30.0 Å². The molecule has 0 atom stereocenters. The molecule has 162 valence electrons. The number of halogens is 3. The molecule has 0 aliphatic carbocycles. The molecule has 0 radical (unpaired) electrons. The maximum absolute atomic E-state index is 13.1. The van der Waals surface area contributed by atoms with Crippen LogP contribution in [0, 0.1) is 0 Å². The Morgan fingerprint density at radius 1 is 1.13 bits per heavy atom. The van der Waals surface area contributed by atoms with Crippen molar-refractivity contribution in [3.63, 3.8) is 0 Å². The summed E-state index contributed by atoms with van der Waals surface area (Å²) >= 11 is 0. The molecule has 3 heterocycles. The molecule has 0 saturated carbocycles. The third-order valence-corrected chi connectivity index (χ3v) is 5.34. The topological polar surface area (TPSA) is 66.6 Å². The Bertz CT molecular complexity index is 1150. The minimum absolute atomic E-state index is 0.0126. The van der Waals surface area contributed by atoms with Crippen LogP contribution < -0.4 is 4.90 Å². The standard InChI is InChI=1S/C21H21F3N6O/c1-3-14(2)18(31)28-9-11-29(12-10-28)20-26-19-25-8-7-17(30(19)27-20)15-5-4-6-16(13-15)21(22,23)24/h3-8,13H,9-12H2,1-2H3/b14-3+. The number of allylic oxidation sites excluding steroid dienone is 1. The number of benzene rings is 1. The lowest BCUT2D eigenvalue weighted by Crippen LogP contribution is -2.49. The maximum Gasteiger partial charge on any atom is 0.416 e. The van der Waals surface area contributed by atoms with Crippen molar-refractivity contribution in [1.82, 2.24) is 24.5 Å². The first-order valence-electron chi connectivity index (χ1n) is 9.84. The highest BCUT2D eigenvalue weighted by Crippen LogP contribution is 2.32. The molecule has 7 nitrogen and oxygen atoms in total. The Balaban J connectivity index is 1.60. The molecule has 1 fully saturated rings. The van der Waals surface area contributed by atoms with Gasteiger partial charge < -0.3 is 9.80 Å². The molecule has 4 rings (SSSR count). The number of rotatable bonds is 3. The van der Waals surface area contributed by atoms with E-state index in [9.17, 15) is 18.0 Å². The summed E-state index contributed by atoms with van der Waals surface area (Å²) in [7, 11) is 0. The lowest BCUT2D eigenvalue weighted by molar-refractivity contribution is -0.137. The Labute approximate surface area is 176 Å². The molecular formula is C21H21F3N6O. The van der Waals surface area contributed by atoms with Crippen LogP contribution in [-0.2, 0) is 11.0 Å². The fourth-order valence-electron chi connectivity index (χ4n) is 3.47. The van der Waals surface area contributed by atoms with Gasteiger partial charge in [-0.2, -0.15) is 22.7 Å². The maximum atomic E-state index is 13.1. The quantitative estimate of drug-likeness (QED) is 0.596. The summed E-state index contributed by atoms with van der Waals surface area (Å²) in [6.45, 7) is 5.80. The number of amides is 1. The first-order chi connectivity index (χ1) is 14.8. The Hall–Kier alpha value is -3.43. The first kappa shape index (κ1) is 20.8. The summed E-state index contributed by atoms with van der Waals surface area (Å²) in [5.74, 6) is 0.744. The first-order valence-corrected chi connectivity index (χ1v) is 9.84. The number of alkyl halides is 3. The monoisotopic (exact) mass is 430 g/mol. The number of aromatic nitrogens is 4. The lowest BCUT2D eigenvalue weighted by atomic mass is 10.1. The van der Waals surface area contributed by atoms with Gasteiger partial charge in [-0.25, -0.2) is 4.98 Å². The average Bonchev–Trinajstić information content (AvgIpc) is 3.22. The number of fused-ring (bicyclic) bond motifs is 1. The van der Waals surface area contributed by atoms with Crippen LogP contribution in [0.25, 0.3) is 17.0 Å². The smallest absolute Gasteiger partial charge is 0.336 e. The van der Waals surface area contributed by atoms with Crippen molar-refractivity contribution in [3.8, 4) is 11.3 Å². The Kier molecular flexibility index (Phi) is 5.38. The summed E-state index contributed by atoms with van der Waals surface area (Å²) in [5.41, 5.74) is 0.810. The molecule has 0 unspecified atom stereocenters. The lowest BCUT2D eigenvalue weighted by Gasteiger charge is -2.34. The Morgan fingerprint density at radius 3 is 2.55 bits per heavy atom. The van der Waals surface area contributed by atoms with E-state index in [2.05, 4.69) is 15.1 Å². The summed E-state index contributed by atoms with van der Waals surface area (Å²) in [4.78, 5) is 24.7. The van der Waals surface area contributed by atoms with Crippen LogP contribution in [0.3, 0.4) is 0 Å². The second-order valence-corrected chi connectivity index (χ2v) is 7.28. The van der Waals surface area contributed by atoms with E-state index in [0.717, 1.165) is 12.1 Å². The molecule has 31 heavy (non-hydrogen) atoms. The van der Waals surface area contributed by atoms with Gasteiger partial charge in [0.1, 0.15) is 0 Å². The van der Waals surface area contributed by atoms with Crippen LogP contribution >= 0.6 is 0 Å². The largest absolute Gasteiger partial charge is 0.416 e. The van der Waals surface area contributed by atoms with Gasteiger partial charge in [-0.1, -0.05) is 18.2 Å². The van der Waals surface area contributed by atoms with Gasteiger partial charge in [0.05, 0.1) is 11.3 Å². The van der Waals surface area contributed by atoms with Crippen LogP contribution in [0.5, 0.6) is 0 Å². The van der Waals surface area contributed by atoms with E-state index in [1.807, 2.05) is 11.8 Å². The van der Waals surface area contributed by atoms with E-state index in [-0.39, 0.29) is 5.91 Å². The fraction of sp³-hybridized carbons (Fsp3) is 0.333. The van der Waals surface area contributed by atoms with Crippen LogP contribution in [-0.4, -0.2) is 56.6 Å². The molecule has 1 aromatic carbocycles. The molecule has 0 N–H and O–H groups in total. The predicted octanol–water partition coefficient (Wildman–Crippen LogP) is 3.42. The highest BCUT2D eigenvalue weighted by atomic mass is 19.4. The van der Waals surface area contributed by atoms with Gasteiger partial charge in [-0.05, 0) is 32.0 Å². The Morgan fingerprint density at radius 2 is 1.87 bits per heavy atom. The van der Waals surface area contributed by atoms with Crippen molar-refractivity contribution >= 4 is 17.6 Å². The van der Waals surface area contributed by atoms with Crippen molar-refractivity contribution in [2.75, 3.05) is 31.1 Å². The van der Waals surface area contributed by atoms with Gasteiger partial charge in [0.2, 0.25) is 11.9 Å². The van der Waals surface area contributed by atoms with Crippen LogP contribution in [0.15, 0.2) is 48.2 Å². The number of piperazine rings is 1. The van der Waals surface area contributed by atoms with Crippen LogP contribution in [0.1, 0.15) is 19.4 Å². The number of hydrogen-bond acceptors (Lipinski definition) is 5. The highest BCUT2D eigenvalue weighted by molar-refractivity contribution is 5.92. The van der Waals surface area contributed by atoms with E-state index < -0.39 is 11.7 Å². The molecule has 1 amide bonds. The molecule has 0 spiro atoms. The van der Waals surface area contributed by atoms with Gasteiger partial charge in [-0.15, -0.1) is 5.10 Å². The van der Waals surface area contributed by atoms with Gasteiger partial charge >= 0.3 is 6.18 Å². The molecule has 1 aliphatic rings. The second kappa shape index (κ2) is 8.01. The average molecular weight is 430 g/mol. The summed E-state index contributed by atoms with van der Waals surface area (Å²) in [5, 5.41) is 4.50. The molecule has 1 aliphatic heterocycles. The molecule has 2 aromatic heterocycles. The number of carbonyl (C=O) groups is 1. The summed E-state index contributed by atoms with van der Waals surface area (Å²) in [6, 6.07) is 6.69. The molecular weight excluding hydrogens is 409 g/mol. The number of nitrogens with zero attached hydrogens (tertiary/aromatic N) is 6. The van der Waals surface area contributed by atoms with E-state index in [1.165, 1.54) is 16.8 Å². The zero-order chi connectivity index (χ0) is 22.2. The minimum atomic E-state index is -4.43. The SMILES string of the molecule is C/C=C(\C)C(=O)N1CCN(c2nc3nccc(-c4cccc(C(F)(F)F)c4)n3n2)CC1. The number of carbonyl (C=O) groups excluding carboxylic acids is 1. The van der Waals surface area contributed by atoms with Gasteiger partial charge in [-0.3, -0.25) is 4.79 Å². The number of hydrogen-bond donors (Lipinski definition) is 0. The molecule has 10 heteroatoms. The fourth-order valence-corrected chi connectivity index (χ4v) is 3.47. The molecule has 0 bridgehead atoms. The van der Waals surface area contributed by atoms with Crippen LogP contribution in [0.2, 0.25) is 0 Å². The third-order valence-electron chi connectivity index (χ3n) is 5.34. The van der Waals surface area contributed by atoms with E-state index in [4.69, 9.17) is 0 Å². The van der Waals surface area contributed by atoms with Gasteiger partial charge in [0.15, 0.2) is 0 Å². The summed E-state index contributed by atoms with van der Waals surface area (Å²) in [6.07, 6.45) is -1.14.